The smallest absolute Gasteiger partial charge is 0.251 e. The Labute approximate surface area is 187 Å². The minimum absolute atomic E-state index is 0.0455. The van der Waals surface area contributed by atoms with Gasteiger partial charge in [0.25, 0.3) is 5.91 Å². The number of benzene rings is 2. The van der Waals surface area contributed by atoms with Gasteiger partial charge in [-0.1, -0.05) is 38.1 Å². The van der Waals surface area contributed by atoms with Crippen LogP contribution in [-0.4, -0.2) is 28.9 Å². The molecule has 0 radical (unpaired) electrons. The molecule has 1 aromatic heterocycles. The molecule has 0 spiro atoms. The second kappa shape index (κ2) is 11.3. The monoisotopic (exact) mass is 439 g/mol. The van der Waals surface area contributed by atoms with Gasteiger partial charge in [-0.3, -0.25) is 9.69 Å². The molecule has 0 fully saturated rings. The highest BCUT2D eigenvalue weighted by Crippen LogP contribution is 2.24. The highest BCUT2D eigenvalue weighted by Gasteiger charge is 2.07. The number of carbonyl (C=O) groups excluding carboxylic acids is 1. The predicted molar refractivity (Wildman–Crippen MR) is 127 cm³/mol. The van der Waals surface area contributed by atoms with Gasteiger partial charge in [0.2, 0.25) is 0 Å². The predicted octanol–water partition coefficient (Wildman–Crippen LogP) is 5.52. The third-order valence-electron chi connectivity index (χ3n) is 4.91. The van der Waals surface area contributed by atoms with Gasteiger partial charge in [-0.25, -0.2) is 4.98 Å². The van der Waals surface area contributed by atoms with Crippen LogP contribution >= 0.6 is 23.1 Å². The number of carbonyl (C=O) groups is 1. The largest absolute Gasteiger partial charge is 0.348 e. The van der Waals surface area contributed by atoms with E-state index in [0.717, 1.165) is 46.5 Å². The molecular weight excluding hydrogens is 410 g/mol. The highest BCUT2D eigenvalue weighted by atomic mass is 32.2. The van der Waals surface area contributed by atoms with Crippen molar-refractivity contribution in [2.75, 3.05) is 13.1 Å². The molecule has 6 heteroatoms. The van der Waals surface area contributed by atoms with Crippen molar-refractivity contribution in [1.29, 1.82) is 0 Å². The fourth-order valence-corrected chi connectivity index (χ4v) is 4.67. The normalized spacial score (nSPS) is 11.1. The van der Waals surface area contributed by atoms with Crippen molar-refractivity contribution < 1.29 is 4.79 Å². The third kappa shape index (κ3) is 6.69. The molecule has 3 rings (SSSR count). The fourth-order valence-electron chi connectivity index (χ4n) is 3.16. The lowest BCUT2D eigenvalue weighted by molar-refractivity contribution is 0.0951. The molecular formula is C24H29N3OS2. The van der Waals surface area contributed by atoms with Crippen LogP contribution in [0.25, 0.3) is 0 Å². The van der Waals surface area contributed by atoms with Crippen LogP contribution in [0.5, 0.6) is 0 Å². The van der Waals surface area contributed by atoms with E-state index in [0.29, 0.717) is 12.1 Å². The van der Waals surface area contributed by atoms with Crippen molar-refractivity contribution in [2.45, 2.75) is 44.5 Å². The van der Waals surface area contributed by atoms with Crippen LogP contribution in [0.15, 0.2) is 58.8 Å². The Morgan fingerprint density at radius 2 is 1.83 bits per heavy atom. The molecule has 30 heavy (non-hydrogen) atoms. The van der Waals surface area contributed by atoms with Crippen molar-refractivity contribution in [3.8, 4) is 0 Å². The van der Waals surface area contributed by atoms with E-state index in [2.05, 4.69) is 58.7 Å². The number of thiazole rings is 1. The number of hydrogen-bond donors (Lipinski definition) is 1. The number of hydrogen-bond acceptors (Lipinski definition) is 5. The summed E-state index contributed by atoms with van der Waals surface area (Å²) in [6.07, 6.45) is 0. The quantitative estimate of drug-likeness (QED) is 0.423. The van der Waals surface area contributed by atoms with Crippen LogP contribution in [0.1, 0.15) is 46.0 Å². The first-order valence-corrected chi connectivity index (χ1v) is 12.2. The molecule has 0 aliphatic carbocycles. The Bertz CT molecular complexity index is 949. The van der Waals surface area contributed by atoms with Gasteiger partial charge in [-0.2, -0.15) is 0 Å². The maximum absolute atomic E-state index is 12.5. The number of rotatable bonds is 10. The molecule has 4 nitrogen and oxygen atoms in total. The van der Waals surface area contributed by atoms with E-state index < -0.39 is 0 Å². The summed E-state index contributed by atoms with van der Waals surface area (Å²) in [7, 11) is 0. The number of aromatic nitrogens is 1. The second-order valence-electron chi connectivity index (χ2n) is 7.13. The van der Waals surface area contributed by atoms with Gasteiger partial charge < -0.3 is 5.32 Å². The van der Waals surface area contributed by atoms with Crippen molar-refractivity contribution in [1.82, 2.24) is 15.2 Å². The number of nitrogens with zero attached hydrogens (tertiary/aromatic N) is 2. The second-order valence-corrected chi connectivity index (χ2v) is 9.25. The molecule has 1 N–H and O–H groups in total. The van der Waals surface area contributed by atoms with E-state index in [1.807, 2.05) is 31.2 Å². The number of nitrogens with one attached hydrogen (secondary N) is 1. The topological polar surface area (TPSA) is 45.2 Å². The Balaban J connectivity index is 1.51. The van der Waals surface area contributed by atoms with E-state index in [1.54, 1.807) is 23.1 Å². The van der Waals surface area contributed by atoms with E-state index in [1.165, 1.54) is 5.56 Å². The first-order chi connectivity index (χ1) is 14.6. The average molecular weight is 440 g/mol. The average Bonchev–Trinajstić information content (AvgIpc) is 3.20. The number of amides is 1. The van der Waals surface area contributed by atoms with E-state index in [4.69, 9.17) is 0 Å². The minimum Gasteiger partial charge on any atom is -0.348 e. The number of aryl methyl sites for hydroxylation is 1. The zero-order chi connectivity index (χ0) is 21.3. The van der Waals surface area contributed by atoms with Gasteiger partial charge in [0.15, 0.2) is 0 Å². The van der Waals surface area contributed by atoms with Crippen LogP contribution in [0.3, 0.4) is 0 Å². The molecule has 0 unspecified atom stereocenters. The highest BCUT2D eigenvalue weighted by molar-refractivity contribution is 7.98. The Kier molecular flexibility index (Phi) is 8.49. The summed E-state index contributed by atoms with van der Waals surface area (Å²) in [6.45, 7) is 9.92. The summed E-state index contributed by atoms with van der Waals surface area (Å²) >= 11 is 3.41. The summed E-state index contributed by atoms with van der Waals surface area (Å²) in [6, 6.07) is 16.2. The Morgan fingerprint density at radius 1 is 1.10 bits per heavy atom. The van der Waals surface area contributed by atoms with Crippen LogP contribution in [0.4, 0.5) is 0 Å². The summed E-state index contributed by atoms with van der Waals surface area (Å²) in [5.41, 5.74) is 4.19. The maximum Gasteiger partial charge on any atom is 0.251 e. The van der Waals surface area contributed by atoms with Crippen LogP contribution in [0.2, 0.25) is 0 Å². The van der Waals surface area contributed by atoms with Gasteiger partial charge in [-0.15, -0.1) is 23.1 Å². The molecule has 0 aliphatic heterocycles. The lowest BCUT2D eigenvalue weighted by Crippen LogP contribution is -2.23. The molecule has 3 aromatic rings. The van der Waals surface area contributed by atoms with Crippen LogP contribution in [-0.2, 0) is 18.8 Å². The lowest BCUT2D eigenvalue weighted by atomic mass is 10.1. The molecule has 0 saturated heterocycles. The SMILES string of the molecule is CCN(CC)Cc1cccc(CNC(=O)c2ccc(SCc3csc(C)n3)cc2)c1. The summed E-state index contributed by atoms with van der Waals surface area (Å²) < 4.78 is 0. The molecule has 1 heterocycles. The number of thioether (sulfide) groups is 1. The minimum atomic E-state index is -0.0455. The third-order valence-corrected chi connectivity index (χ3v) is 6.78. The first kappa shape index (κ1) is 22.5. The van der Waals surface area contributed by atoms with E-state index in [-0.39, 0.29) is 5.91 Å². The summed E-state index contributed by atoms with van der Waals surface area (Å²) in [4.78, 5) is 20.5. The van der Waals surface area contributed by atoms with Gasteiger partial charge in [0.05, 0.1) is 10.7 Å². The Morgan fingerprint density at radius 3 is 2.50 bits per heavy atom. The van der Waals surface area contributed by atoms with Gasteiger partial charge in [0, 0.05) is 34.7 Å². The maximum atomic E-state index is 12.5. The summed E-state index contributed by atoms with van der Waals surface area (Å²) in [5.74, 6) is 0.801. The van der Waals surface area contributed by atoms with Crippen molar-refractivity contribution in [3.63, 3.8) is 0 Å². The molecule has 0 atom stereocenters. The van der Waals surface area contributed by atoms with Crippen LogP contribution in [0, 0.1) is 6.92 Å². The molecule has 0 saturated carbocycles. The molecule has 0 aliphatic rings. The van der Waals surface area contributed by atoms with E-state index in [9.17, 15) is 4.79 Å². The molecule has 158 valence electrons. The molecule has 0 bridgehead atoms. The van der Waals surface area contributed by atoms with Gasteiger partial charge >= 0.3 is 0 Å². The van der Waals surface area contributed by atoms with Crippen molar-refractivity contribution in [2.24, 2.45) is 0 Å². The molecule has 1 amide bonds. The zero-order valence-corrected chi connectivity index (χ0v) is 19.5. The van der Waals surface area contributed by atoms with Gasteiger partial charge in [-0.05, 0) is 55.4 Å². The van der Waals surface area contributed by atoms with Gasteiger partial charge in [0.1, 0.15) is 0 Å². The Hall–Kier alpha value is -2.15. The molecule has 2 aromatic carbocycles. The summed E-state index contributed by atoms with van der Waals surface area (Å²) in [5, 5.41) is 6.23. The lowest BCUT2D eigenvalue weighted by Gasteiger charge is -2.18. The zero-order valence-electron chi connectivity index (χ0n) is 17.9. The standard InChI is InChI=1S/C24H29N3OS2/c1-4-27(5-2)15-20-8-6-7-19(13-20)14-25-24(28)21-9-11-23(12-10-21)30-17-22-16-29-18(3)26-22/h6-13,16H,4-5,14-15,17H2,1-3H3,(H,25,28). The van der Waals surface area contributed by atoms with E-state index >= 15 is 0 Å². The van der Waals surface area contributed by atoms with Crippen molar-refractivity contribution >= 4 is 29.0 Å². The fraction of sp³-hybridized carbons (Fsp3) is 0.333. The first-order valence-electron chi connectivity index (χ1n) is 10.3. The van der Waals surface area contributed by atoms with Crippen LogP contribution < -0.4 is 5.32 Å². The van der Waals surface area contributed by atoms with Crippen molar-refractivity contribution in [3.05, 3.63) is 81.3 Å².